The molecule has 1 N–H and O–H groups in total. The van der Waals surface area contributed by atoms with Gasteiger partial charge < -0.3 is 10.0 Å². The fourth-order valence-corrected chi connectivity index (χ4v) is 1.88. The lowest BCUT2D eigenvalue weighted by Crippen LogP contribution is -2.33. The molecule has 1 rings (SSSR count). The van der Waals surface area contributed by atoms with Gasteiger partial charge in [0.2, 0.25) is 0 Å². The molecule has 0 saturated carbocycles. The number of halogens is 1. The first kappa shape index (κ1) is 13.2. The first-order valence-corrected chi connectivity index (χ1v) is 6.05. The number of carbonyl (C=O) groups excluding carboxylic acids is 1. The largest absolute Gasteiger partial charge is 0.395 e. The first-order chi connectivity index (χ1) is 7.60. The van der Waals surface area contributed by atoms with Crippen LogP contribution in [0.4, 0.5) is 0 Å². The third-order valence-electron chi connectivity index (χ3n) is 2.47. The topological polar surface area (TPSA) is 40.5 Å². The molecule has 0 heterocycles. The molecule has 0 aliphatic heterocycles. The van der Waals surface area contributed by atoms with E-state index in [1.807, 2.05) is 32.0 Å². The van der Waals surface area contributed by atoms with Gasteiger partial charge in [-0.3, -0.25) is 4.79 Å². The Kier molecular flexibility index (Phi) is 4.96. The Bertz CT molecular complexity index is 379. The normalized spacial score (nSPS) is 10.2. The lowest BCUT2D eigenvalue weighted by molar-refractivity contribution is 0.0731. The average Bonchev–Trinajstić information content (AvgIpc) is 2.28. The molecule has 16 heavy (non-hydrogen) atoms. The van der Waals surface area contributed by atoms with Crippen LogP contribution in [0.15, 0.2) is 22.7 Å². The Labute approximate surface area is 104 Å². The van der Waals surface area contributed by atoms with Gasteiger partial charge in [0.15, 0.2) is 0 Å². The second kappa shape index (κ2) is 6.01. The standard InChI is InChI=1S/C12H16BrNO2/c1-3-14(6-7-15)12(16)11-8-10(13)5-4-9(11)2/h4-5,8,15H,3,6-7H2,1-2H3. The number of amides is 1. The van der Waals surface area contributed by atoms with Gasteiger partial charge in [-0.1, -0.05) is 22.0 Å². The van der Waals surface area contributed by atoms with Crippen LogP contribution in [0.3, 0.4) is 0 Å². The number of aryl methyl sites for hydroxylation is 1. The molecule has 0 aliphatic rings. The van der Waals surface area contributed by atoms with Crippen molar-refractivity contribution in [2.75, 3.05) is 19.7 Å². The molecule has 1 amide bonds. The maximum atomic E-state index is 12.1. The van der Waals surface area contributed by atoms with Gasteiger partial charge in [0.25, 0.3) is 5.91 Å². The molecule has 0 aliphatic carbocycles. The molecule has 0 bridgehead atoms. The minimum absolute atomic E-state index is 0.00731. The van der Waals surface area contributed by atoms with E-state index in [1.165, 1.54) is 0 Å². The predicted octanol–water partition coefficient (Wildman–Crippen LogP) is 2.21. The number of benzene rings is 1. The highest BCUT2D eigenvalue weighted by Crippen LogP contribution is 2.17. The zero-order valence-electron chi connectivity index (χ0n) is 9.53. The average molecular weight is 286 g/mol. The summed E-state index contributed by atoms with van der Waals surface area (Å²) in [6.07, 6.45) is 0. The molecule has 0 fully saturated rings. The summed E-state index contributed by atoms with van der Waals surface area (Å²) in [4.78, 5) is 13.8. The summed E-state index contributed by atoms with van der Waals surface area (Å²) in [5.41, 5.74) is 1.63. The van der Waals surface area contributed by atoms with E-state index in [0.717, 1.165) is 10.0 Å². The molecule has 1 aromatic rings. The van der Waals surface area contributed by atoms with Gasteiger partial charge in [0.05, 0.1) is 6.61 Å². The highest BCUT2D eigenvalue weighted by atomic mass is 79.9. The third-order valence-corrected chi connectivity index (χ3v) is 2.96. The van der Waals surface area contributed by atoms with Crippen molar-refractivity contribution in [1.82, 2.24) is 4.90 Å². The number of aliphatic hydroxyl groups excluding tert-OH is 1. The van der Waals surface area contributed by atoms with Crippen LogP contribution in [-0.4, -0.2) is 35.6 Å². The zero-order valence-corrected chi connectivity index (χ0v) is 11.1. The lowest BCUT2D eigenvalue weighted by atomic mass is 10.1. The fraction of sp³-hybridized carbons (Fsp3) is 0.417. The molecule has 0 atom stereocenters. The highest BCUT2D eigenvalue weighted by Gasteiger charge is 2.15. The van der Waals surface area contributed by atoms with Crippen molar-refractivity contribution in [1.29, 1.82) is 0 Å². The Hall–Kier alpha value is -0.870. The van der Waals surface area contributed by atoms with Crippen molar-refractivity contribution >= 4 is 21.8 Å². The number of aliphatic hydroxyl groups is 1. The smallest absolute Gasteiger partial charge is 0.254 e. The summed E-state index contributed by atoms with van der Waals surface area (Å²) in [7, 11) is 0. The SMILES string of the molecule is CCN(CCO)C(=O)c1cc(Br)ccc1C. The van der Waals surface area contributed by atoms with E-state index >= 15 is 0 Å². The van der Waals surface area contributed by atoms with Crippen LogP contribution in [0.2, 0.25) is 0 Å². The van der Waals surface area contributed by atoms with Crippen molar-refractivity contribution in [2.45, 2.75) is 13.8 Å². The zero-order chi connectivity index (χ0) is 12.1. The summed E-state index contributed by atoms with van der Waals surface area (Å²) in [6.45, 7) is 4.78. The molecule has 4 heteroatoms. The van der Waals surface area contributed by atoms with E-state index in [9.17, 15) is 4.79 Å². The second-order valence-electron chi connectivity index (χ2n) is 3.57. The Morgan fingerprint density at radius 1 is 1.50 bits per heavy atom. The Morgan fingerprint density at radius 3 is 2.75 bits per heavy atom. The van der Waals surface area contributed by atoms with Crippen molar-refractivity contribution in [3.8, 4) is 0 Å². The second-order valence-corrected chi connectivity index (χ2v) is 4.48. The van der Waals surface area contributed by atoms with Crippen LogP contribution < -0.4 is 0 Å². The van der Waals surface area contributed by atoms with Gasteiger partial charge in [0.1, 0.15) is 0 Å². The van der Waals surface area contributed by atoms with Gasteiger partial charge in [-0.05, 0) is 31.5 Å². The van der Waals surface area contributed by atoms with Crippen molar-refractivity contribution < 1.29 is 9.90 Å². The monoisotopic (exact) mass is 285 g/mol. The van der Waals surface area contributed by atoms with E-state index in [-0.39, 0.29) is 12.5 Å². The van der Waals surface area contributed by atoms with Crippen LogP contribution in [0.25, 0.3) is 0 Å². The van der Waals surface area contributed by atoms with Crippen molar-refractivity contribution in [3.63, 3.8) is 0 Å². The maximum Gasteiger partial charge on any atom is 0.254 e. The number of carbonyl (C=O) groups is 1. The van der Waals surface area contributed by atoms with Crippen molar-refractivity contribution in [2.24, 2.45) is 0 Å². The lowest BCUT2D eigenvalue weighted by Gasteiger charge is -2.20. The molecule has 0 aromatic heterocycles. The fourth-order valence-electron chi connectivity index (χ4n) is 1.52. The molecular formula is C12H16BrNO2. The highest BCUT2D eigenvalue weighted by molar-refractivity contribution is 9.10. The summed E-state index contributed by atoms with van der Waals surface area (Å²) in [6, 6.07) is 5.64. The Morgan fingerprint density at radius 2 is 2.19 bits per heavy atom. The molecule has 3 nitrogen and oxygen atoms in total. The number of nitrogens with zero attached hydrogens (tertiary/aromatic N) is 1. The molecule has 88 valence electrons. The molecular weight excluding hydrogens is 270 g/mol. The quantitative estimate of drug-likeness (QED) is 0.922. The van der Waals surface area contributed by atoms with Gasteiger partial charge in [0, 0.05) is 23.1 Å². The summed E-state index contributed by atoms with van der Waals surface area (Å²) >= 11 is 3.35. The van der Waals surface area contributed by atoms with E-state index in [1.54, 1.807) is 4.90 Å². The number of likely N-dealkylation sites (N-methyl/N-ethyl adjacent to an activating group) is 1. The summed E-state index contributed by atoms with van der Waals surface area (Å²) in [5, 5.41) is 8.88. The number of rotatable bonds is 4. The maximum absolute atomic E-state index is 12.1. The van der Waals surface area contributed by atoms with Gasteiger partial charge in [-0.2, -0.15) is 0 Å². The Balaban J connectivity index is 2.98. The number of hydrogen-bond donors (Lipinski definition) is 1. The van der Waals surface area contributed by atoms with Crippen LogP contribution in [-0.2, 0) is 0 Å². The predicted molar refractivity (Wildman–Crippen MR) is 67.5 cm³/mol. The van der Waals surface area contributed by atoms with E-state index in [4.69, 9.17) is 5.11 Å². The van der Waals surface area contributed by atoms with Gasteiger partial charge in [-0.15, -0.1) is 0 Å². The third kappa shape index (κ3) is 3.06. The number of hydrogen-bond acceptors (Lipinski definition) is 2. The molecule has 0 unspecified atom stereocenters. The van der Waals surface area contributed by atoms with Gasteiger partial charge >= 0.3 is 0 Å². The summed E-state index contributed by atoms with van der Waals surface area (Å²) < 4.78 is 0.890. The molecule has 0 saturated heterocycles. The van der Waals surface area contributed by atoms with Crippen LogP contribution in [0.1, 0.15) is 22.8 Å². The molecule has 0 radical (unpaired) electrons. The van der Waals surface area contributed by atoms with E-state index < -0.39 is 0 Å². The summed E-state index contributed by atoms with van der Waals surface area (Å²) in [5.74, 6) is -0.0321. The minimum atomic E-state index is -0.0321. The first-order valence-electron chi connectivity index (χ1n) is 5.26. The molecule has 0 spiro atoms. The van der Waals surface area contributed by atoms with E-state index in [2.05, 4.69) is 15.9 Å². The van der Waals surface area contributed by atoms with Crippen LogP contribution in [0, 0.1) is 6.92 Å². The minimum Gasteiger partial charge on any atom is -0.395 e. The van der Waals surface area contributed by atoms with Gasteiger partial charge in [-0.25, -0.2) is 0 Å². The molecule has 1 aromatic carbocycles. The van der Waals surface area contributed by atoms with Crippen molar-refractivity contribution in [3.05, 3.63) is 33.8 Å². The van der Waals surface area contributed by atoms with E-state index in [0.29, 0.717) is 18.7 Å². The van der Waals surface area contributed by atoms with Crippen LogP contribution >= 0.6 is 15.9 Å². The van der Waals surface area contributed by atoms with Crippen LogP contribution in [0.5, 0.6) is 0 Å².